The van der Waals surface area contributed by atoms with Gasteiger partial charge in [0.15, 0.2) is 0 Å². The summed E-state index contributed by atoms with van der Waals surface area (Å²) >= 11 is 1.75. The molecule has 1 spiro atoms. The number of likely N-dealkylation sites (tertiary alicyclic amines) is 1. The van der Waals surface area contributed by atoms with Crippen molar-refractivity contribution in [3.05, 3.63) is 51.2 Å². The summed E-state index contributed by atoms with van der Waals surface area (Å²) < 4.78 is 5.17. The molecule has 2 heterocycles. The lowest BCUT2D eigenvalue weighted by atomic mass is 9.92. The Labute approximate surface area is 181 Å². The van der Waals surface area contributed by atoms with Crippen LogP contribution in [0.15, 0.2) is 29.6 Å². The molecule has 1 aromatic carbocycles. The third-order valence-electron chi connectivity index (χ3n) is 7.18. The zero-order valence-corrected chi connectivity index (χ0v) is 18.2. The van der Waals surface area contributed by atoms with Crippen molar-refractivity contribution in [3.63, 3.8) is 0 Å². The van der Waals surface area contributed by atoms with E-state index in [9.17, 15) is 9.59 Å². The average molecular weight is 425 g/mol. The van der Waals surface area contributed by atoms with E-state index in [4.69, 9.17) is 4.74 Å². The summed E-state index contributed by atoms with van der Waals surface area (Å²) in [5.74, 6) is 0.944. The van der Waals surface area contributed by atoms with Gasteiger partial charge in [-0.25, -0.2) is 0 Å². The van der Waals surface area contributed by atoms with Gasteiger partial charge in [0.2, 0.25) is 0 Å². The van der Waals surface area contributed by atoms with Gasteiger partial charge in [-0.1, -0.05) is 0 Å². The van der Waals surface area contributed by atoms with Crippen LogP contribution in [0, 0.1) is 5.41 Å². The number of hydrogen-bond donors (Lipinski definition) is 1. The first-order valence-corrected chi connectivity index (χ1v) is 11.8. The normalized spacial score (nSPS) is 21.8. The van der Waals surface area contributed by atoms with Gasteiger partial charge in [0.05, 0.1) is 12.7 Å². The van der Waals surface area contributed by atoms with Crippen LogP contribution in [0.1, 0.15) is 63.3 Å². The smallest absolute Gasteiger partial charge is 0.253 e. The number of thiophene rings is 1. The molecule has 1 N–H and O–H groups in total. The number of hydrogen-bond acceptors (Lipinski definition) is 4. The molecule has 1 saturated heterocycles. The van der Waals surface area contributed by atoms with Gasteiger partial charge < -0.3 is 15.0 Å². The average Bonchev–Trinajstić information content (AvgIpc) is 3.24. The molecule has 1 unspecified atom stereocenters. The lowest BCUT2D eigenvalue weighted by Crippen LogP contribution is -2.41. The van der Waals surface area contributed by atoms with Gasteiger partial charge in [-0.05, 0) is 80.2 Å². The largest absolute Gasteiger partial charge is 0.497 e. The van der Waals surface area contributed by atoms with E-state index < -0.39 is 0 Å². The van der Waals surface area contributed by atoms with E-state index in [1.807, 2.05) is 29.2 Å². The Balaban J connectivity index is 1.17. The molecule has 2 aliphatic carbocycles. The minimum atomic E-state index is 0.0821. The molecule has 1 aromatic heterocycles. The van der Waals surface area contributed by atoms with E-state index >= 15 is 0 Å². The summed E-state index contributed by atoms with van der Waals surface area (Å²) in [7, 11) is 1.62. The Kier molecular flexibility index (Phi) is 5.05. The number of carbonyl (C=O) groups excluding carboxylic acids is 2. The maximum atomic E-state index is 12.9. The van der Waals surface area contributed by atoms with Crippen LogP contribution in [0.2, 0.25) is 0 Å². The SMILES string of the molecule is COc1ccc(C(=O)N2CCC3(CC2)CC3NC(=O)c2csc3c2CCCC3)cc1. The summed E-state index contributed by atoms with van der Waals surface area (Å²) in [6.45, 7) is 1.51. The summed E-state index contributed by atoms with van der Waals surface area (Å²) in [6, 6.07) is 7.56. The van der Waals surface area contributed by atoms with Gasteiger partial charge in [0, 0.05) is 35.0 Å². The fourth-order valence-corrected chi connectivity index (χ4v) is 6.22. The number of amides is 2. The van der Waals surface area contributed by atoms with Crippen molar-refractivity contribution in [1.82, 2.24) is 10.2 Å². The highest BCUT2D eigenvalue weighted by molar-refractivity contribution is 7.10. The minimum absolute atomic E-state index is 0.0821. The predicted octanol–water partition coefficient (Wildman–Crippen LogP) is 4.06. The van der Waals surface area contributed by atoms with Crippen molar-refractivity contribution < 1.29 is 14.3 Å². The molecular weight excluding hydrogens is 396 g/mol. The van der Waals surface area contributed by atoms with Crippen molar-refractivity contribution in [1.29, 1.82) is 0 Å². The highest BCUT2D eigenvalue weighted by atomic mass is 32.1. The molecule has 1 atom stereocenters. The van der Waals surface area contributed by atoms with Crippen molar-refractivity contribution >= 4 is 23.2 Å². The van der Waals surface area contributed by atoms with Gasteiger partial charge in [-0.15, -0.1) is 11.3 Å². The number of piperidine rings is 1. The second kappa shape index (κ2) is 7.73. The molecule has 2 fully saturated rings. The molecule has 6 heteroatoms. The van der Waals surface area contributed by atoms with Crippen LogP contribution in [0.4, 0.5) is 0 Å². The number of fused-ring (bicyclic) bond motifs is 1. The number of carbonyl (C=O) groups is 2. The van der Waals surface area contributed by atoms with Gasteiger partial charge in [-0.2, -0.15) is 0 Å². The van der Waals surface area contributed by atoms with Gasteiger partial charge in [-0.3, -0.25) is 9.59 Å². The Morgan fingerprint density at radius 3 is 2.60 bits per heavy atom. The first-order chi connectivity index (χ1) is 14.6. The van der Waals surface area contributed by atoms with E-state index in [0.717, 1.165) is 56.5 Å². The van der Waals surface area contributed by atoms with E-state index in [1.165, 1.54) is 23.3 Å². The highest BCUT2D eigenvalue weighted by Gasteiger charge is 2.56. The Bertz CT molecular complexity index is 957. The van der Waals surface area contributed by atoms with Gasteiger partial charge in [0.1, 0.15) is 5.75 Å². The van der Waals surface area contributed by atoms with E-state index in [0.29, 0.717) is 5.56 Å². The second-order valence-corrected chi connectivity index (χ2v) is 9.84. The fraction of sp³-hybridized carbons (Fsp3) is 0.500. The lowest BCUT2D eigenvalue weighted by Gasteiger charge is -2.33. The molecule has 2 amide bonds. The summed E-state index contributed by atoms with van der Waals surface area (Å²) in [4.78, 5) is 29.0. The van der Waals surface area contributed by atoms with E-state index in [1.54, 1.807) is 18.4 Å². The molecule has 0 radical (unpaired) electrons. The van der Waals surface area contributed by atoms with Crippen LogP contribution in [0.5, 0.6) is 5.75 Å². The molecule has 2 aromatic rings. The predicted molar refractivity (Wildman–Crippen MR) is 117 cm³/mol. The van der Waals surface area contributed by atoms with Gasteiger partial charge >= 0.3 is 0 Å². The third kappa shape index (κ3) is 3.51. The lowest BCUT2D eigenvalue weighted by molar-refractivity contribution is 0.0668. The summed E-state index contributed by atoms with van der Waals surface area (Å²) in [5.41, 5.74) is 3.08. The first-order valence-electron chi connectivity index (χ1n) is 10.9. The van der Waals surface area contributed by atoms with Crippen LogP contribution in [-0.2, 0) is 12.8 Å². The fourth-order valence-electron chi connectivity index (χ4n) is 5.10. The molecule has 1 saturated carbocycles. The van der Waals surface area contributed by atoms with Crippen LogP contribution in [-0.4, -0.2) is 43.0 Å². The first kappa shape index (κ1) is 19.6. The summed E-state index contributed by atoms with van der Waals surface area (Å²) in [5, 5.41) is 5.36. The molecule has 1 aliphatic heterocycles. The number of aryl methyl sites for hydroxylation is 1. The van der Waals surface area contributed by atoms with Crippen LogP contribution < -0.4 is 10.1 Å². The van der Waals surface area contributed by atoms with Crippen LogP contribution in [0.3, 0.4) is 0 Å². The Morgan fingerprint density at radius 2 is 1.87 bits per heavy atom. The molecule has 3 aliphatic rings. The van der Waals surface area contributed by atoms with Crippen LogP contribution in [0.25, 0.3) is 0 Å². The van der Waals surface area contributed by atoms with Gasteiger partial charge in [0.25, 0.3) is 11.8 Å². The number of nitrogens with zero attached hydrogens (tertiary/aromatic N) is 1. The number of benzene rings is 1. The maximum Gasteiger partial charge on any atom is 0.253 e. The van der Waals surface area contributed by atoms with Crippen molar-refractivity contribution in [2.75, 3.05) is 20.2 Å². The standard InChI is InChI=1S/C24H28N2O3S/c1-29-17-8-6-16(7-9-17)23(28)26-12-10-24(11-13-26)14-21(24)25-22(27)19-15-30-20-5-3-2-4-18(19)20/h6-9,15,21H,2-5,10-14H2,1H3,(H,25,27). The number of nitrogens with one attached hydrogen (secondary N) is 1. The Morgan fingerprint density at radius 1 is 1.13 bits per heavy atom. The van der Waals surface area contributed by atoms with E-state index in [-0.39, 0.29) is 23.3 Å². The molecule has 0 bridgehead atoms. The highest BCUT2D eigenvalue weighted by Crippen LogP contribution is 2.54. The van der Waals surface area contributed by atoms with Crippen molar-refractivity contribution in [2.45, 2.75) is 51.0 Å². The minimum Gasteiger partial charge on any atom is -0.497 e. The monoisotopic (exact) mass is 424 g/mol. The zero-order chi connectivity index (χ0) is 20.7. The number of methoxy groups -OCH3 is 1. The molecule has 30 heavy (non-hydrogen) atoms. The van der Waals surface area contributed by atoms with Crippen LogP contribution >= 0.6 is 11.3 Å². The second-order valence-electron chi connectivity index (χ2n) is 8.87. The Hall–Kier alpha value is -2.34. The molecule has 5 rings (SSSR count). The zero-order valence-electron chi connectivity index (χ0n) is 17.4. The molecular formula is C24H28N2O3S. The van der Waals surface area contributed by atoms with Crippen molar-refractivity contribution in [2.24, 2.45) is 5.41 Å². The number of rotatable bonds is 4. The molecule has 5 nitrogen and oxygen atoms in total. The third-order valence-corrected chi connectivity index (χ3v) is 8.27. The quantitative estimate of drug-likeness (QED) is 0.805. The summed E-state index contributed by atoms with van der Waals surface area (Å²) in [6.07, 6.45) is 7.55. The number of ether oxygens (including phenoxy) is 1. The molecule has 158 valence electrons. The van der Waals surface area contributed by atoms with Crippen molar-refractivity contribution in [3.8, 4) is 5.75 Å². The van der Waals surface area contributed by atoms with E-state index in [2.05, 4.69) is 10.7 Å². The topological polar surface area (TPSA) is 58.6 Å². The maximum absolute atomic E-state index is 12.9.